The summed E-state index contributed by atoms with van der Waals surface area (Å²) in [5.41, 5.74) is 12.4. The Morgan fingerprint density at radius 2 is 2.14 bits per heavy atom. The molecule has 28 heavy (non-hydrogen) atoms. The number of rotatable bonds is 7. The summed E-state index contributed by atoms with van der Waals surface area (Å²) in [6.45, 7) is 3.98. The fraction of sp³-hybridized carbons (Fsp3) is 0.200. The van der Waals surface area contributed by atoms with Crippen LogP contribution in [0, 0.1) is 6.92 Å². The molecule has 0 spiro atoms. The molecule has 0 saturated heterocycles. The second-order valence-corrected chi connectivity index (χ2v) is 6.16. The molecule has 0 fully saturated rings. The maximum atomic E-state index is 5.57. The van der Waals surface area contributed by atoms with Gasteiger partial charge in [-0.25, -0.2) is 9.67 Å². The van der Waals surface area contributed by atoms with Gasteiger partial charge in [0.15, 0.2) is 5.82 Å². The fourth-order valence-electron chi connectivity index (χ4n) is 2.71. The van der Waals surface area contributed by atoms with Crippen molar-refractivity contribution in [2.24, 2.45) is 15.8 Å². The van der Waals surface area contributed by atoms with Gasteiger partial charge in [-0.1, -0.05) is 6.07 Å². The van der Waals surface area contributed by atoms with E-state index in [0.29, 0.717) is 5.82 Å². The van der Waals surface area contributed by atoms with Crippen molar-refractivity contribution in [2.45, 2.75) is 19.9 Å². The standard InChI is InChI=1S/C20H23N7O/c1-14-10-22-8-7-16(14)11-24-26-15(2)19-12-25-27(20(19)23-13-21)17-5-4-6-18(9-17)28-3/h4-13,15,26H,1-3H3,(H2,21,23)/b24-11+. The molecule has 8 nitrogen and oxygen atoms in total. The summed E-state index contributed by atoms with van der Waals surface area (Å²) >= 11 is 0. The number of benzene rings is 1. The number of nitrogens with two attached hydrogens (primary N) is 1. The molecular formula is C20H23N7O. The number of aryl methyl sites for hydroxylation is 1. The number of nitrogens with one attached hydrogen (secondary N) is 1. The molecule has 1 atom stereocenters. The van der Waals surface area contributed by atoms with Crippen molar-refractivity contribution < 1.29 is 4.74 Å². The first kappa shape index (κ1) is 19.1. The SMILES string of the molecule is COc1cccc(-n2ncc(C(C)N/N=C/c3ccncc3C)c2N=CN)c1. The Kier molecular flexibility index (Phi) is 6.01. The lowest BCUT2D eigenvalue weighted by Gasteiger charge is -2.12. The summed E-state index contributed by atoms with van der Waals surface area (Å²) in [4.78, 5) is 8.39. The van der Waals surface area contributed by atoms with E-state index in [0.717, 1.165) is 28.1 Å². The zero-order valence-corrected chi connectivity index (χ0v) is 16.1. The van der Waals surface area contributed by atoms with Gasteiger partial charge in [-0.05, 0) is 37.6 Å². The zero-order chi connectivity index (χ0) is 19.9. The summed E-state index contributed by atoms with van der Waals surface area (Å²) in [5, 5.41) is 8.82. The highest BCUT2D eigenvalue weighted by Gasteiger charge is 2.17. The molecule has 0 bridgehead atoms. The quantitative estimate of drug-likeness (QED) is 0.374. The van der Waals surface area contributed by atoms with Crippen molar-refractivity contribution in [1.82, 2.24) is 20.2 Å². The van der Waals surface area contributed by atoms with Crippen molar-refractivity contribution in [3.05, 3.63) is 65.6 Å². The van der Waals surface area contributed by atoms with Gasteiger partial charge >= 0.3 is 0 Å². The van der Waals surface area contributed by atoms with Crippen LogP contribution < -0.4 is 15.9 Å². The van der Waals surface area contributed by atoms with Crippen LogP contribution in [0.5, 0.6) is 5.75 Å². The Bertz CT molecular complexity index is 994. The first-order chi connectivity index (χ1) is 13.6. The predicted octanol–water partition coefficient (Wildman–Crippen LogP) is 2.89. The number of hydrogen-bond donors (Lipinski definition) is 2. The number of nitrogens with zero attached hydrogens (tertiary/aromatic N) is 5. The highest BCUT2D eigenvalue weighted by molar-refractivity contribution is 5.81. The minimum atomic E-state index is -0.128. The molecule has 1 aromatic carbocycles. The molecule has 0 saturated carbocycles. The van der Waals surface area contributed by atoms with E-state index in [9.17, 15) is 0 Å². The lowest BCUT2D eigenvalue weighted by atomic mass is 10.2. The summed E-state index contributed by atoms with van der Waals surface area (Å²) in [6, 6.07) is 9.37. The maximum absolute atomic E-state index is 5.57. The molecule has 0 aliphatic heterocycles. The molecule has 2 aromatic heterocycles. The molecule has 3 aromatic rings. The number of aliphatic imine (C=N–C) groups is 1. The molecule has 144 valence electrons. The van der Waals surface area contributed by atoms with Gasteiger partial charge in [0.25, 0.3) is 0 Å². The molecule has 0 aliphatic carbocycles. The predicted molar refractivity (Wildman–Crippen MR) is 111 cm³/mol. The van der Waals surface area contributed by atoms with Crippen molar-refractivity contribution >= 4 is 18.4 Å². The van der Waals surface area contributed by atoms with Crippen molar-refractivity contribution in [3.63, 3.8) is 0 Å². The van der Waals surface area contributed by atoms with Gasteiger partial charge in [0, 0.05) is 29.6 Å². The molecule has 0 radical (unpaired) electrons. The Hall–Kier alpha value is -3.68. The Morgan fingerprint density at radius 1 is 1.29 bits per heavy atom. The summed E-state index contributed by atoms with van der Waals surface area (Å²) in [5.74, 6) is 1.37. The van der Waals surface area contributed by atoms with E-state index in [-0.39, 0.29) is 6.04 Å². The van der Waals surface area contributed by atoms with Gasteiger partial charge in [0.05, 0.1) is 37.6 Å². The van der Waals surface area contributed by atoms with E-state index in [2.05, 4.69) is 25.6 Å². The summed E-state index contributed by atoms with van der Waals surface area (Å²) in [6.07, 6.45) is 8.33. The highest BCUT2D eigenvalue weighted by atomic mass is 16.5. The number of ether oxygens (including phenoxy) is 1. The highest BCUT2D eigenvalue weighted by Crippen LogP contribution is 2.29. The van der Waals surface area contributed by atoms with Crippen LogP contribution in [0.4, 0.5) is 5.82 Å². The van der Waals surface area contributed by atoms with Crippen LogP contribution in [-0.4, -0.2) is 34.4 Å². The van der Waals surface area contributed by atoms with Gasteiger partial charge in [0.1, 0.15) is 5.75 Å². The topological polar surface area (TPSA) is 103 Å². The first-order valence-electron chi connectivity index (χ1n) is 8.80. The maximum Gasteiger partial charge on any atom is 0.162 e. The molecular weight excluding hydrogens is 354 g/mol. The molecule has 3 rings (SSSR count). The summed E-state index contributed by atoms with van der Waals surface area (Å²) < 4.78 is 7.01. The van der Waals surface area contributed by atoms with Gasteiger partial charge in [-0.3, -0.25) is 4.98 Å². The smallest absolute Gasteiger partial charge is 0.162 e. The third-order valence-corrected chi connectivity index (χ3v) is 4.27. The van der Waals surface area contributed by atoms with Gasteiger partial charge < -0.3 is 15.9 Å². The minimum absolute atomic E-state index is 0.128. The van der Waals surface area contributed by atoms with Crippen LogP contribution in [0.3, 0.4) is 0 Å². The third kappa shape index (κ3) is 4.17. The normalized spacial score (nSPS) is 12.5. The van der Waals surface area contributed by atoms with Crippen LogP contribution >= 0.6 is 0 Å². The second kappa shape index (κ2) is 8.81. The molecule has 1 unspecified atom stereocenters. The minimum Gasteiger partial charge on any atom is -0.497 e. The third-order valence-electron chi connectivity index (χ3n) is 4.27. The number of pyridine rings is 1. The van der Waals surface area contributed by atoms with Gasteiger partial charge in [0.2, 0.25) is 0 Å². The number of hydrogen-bond acceptors (Lipinski definition) is 6. The zero-order valence-electron chi connectivity index (χ0n) is 16.1. The average molecular weight is 377 g/mol. The van der Waals surface area contributed by atoms with Crippen molar-refractivity contribution in [3.8, 4) is 11.4 Å². The van der Waals surface area contributed by atoms with Crippen LogP contribution in [0.25, 0.3) is 5.69 Å². The Balaban J connectivity index is 1.85. The first-order valence-corrected chi connectivity index (χ1v) is 8.80. The molecule has 2 heterocycles. The van der Waals surface area contributed by atoms with E-state index in [1.54, 1.807) is 36.6 Å². The molecule has 3 N–H and O–H groups in total. The van der Waals surface area contributed by atoms with E-state index in [4.69, 9.17) is 10.5 Å². The number of methoxy groups -OCH3 is 1. The second-order valence-electron chi connectivity index (χ2n) is 6.16. The van der Waals surface area contributed by atoms with E-state index < -0.39 is 0 Å². The molecule has 0 amide bonds. The monoisotopic (exact) mass is 377 g/mol. The number of aromatic nitrogens is 3. The Morgan fingerprint density at radius 3 is 2.89 bits per heavy atom. The largest absolute Gasteiger partial charge is 0.497 e. The lowest BCUT2D eigenvalue weighted by molar-refractivity contribution is 0.414. The van der Waals surface area contributed by atoms with Crippen molar-refractivity contribution in [2.75, 3.05) is 7.11 Å². The van der Waals surface area contributed by atoms with Gasteiger partial charge in [-0.2, -0.15) is 10.2 Å². The van der Waals surface area contributed by atoms with Crippen LogP contribution in [0.1, 0.15) is 29.7 Å². The number of hydrazone groups is 1. The average Bonchev–Trinajstić information content (AvgIpc) is 3.13. The van der Waals surface area contributed by atoms with Crippen LogP contribution in [-0.2, 0) is 0 Å². The van der Waals surface area contributed by atoms with E-state index in [1.165, 1.54) is 6.34 Å². The van der Waals surface area contributed by atoms with Crippen LogP contribution in [0.2, 0.25) is 0 Å². The summed E-state index contributed by atoms with van der Waals surface area (Å²) in [7, 11) is 1.63. The van der Waals surface area contributed by atoms with E-state index >= 15 is 0 Å². The van der Waals surface area contributed by atoms with Crippen LogP contribution in [0.15, 0.2) is 59.0 Å². The van der Waals surface area contributed by atoms with E-state index in [1.807, 2.05) is 44.2 Å². The van der Waals surface area contributed by atoms with Gasteiger partial charge in [-0.15, -0.1) is 0 Å². The Labute approximate surface area is 163 Å². The fourth-order valence-corrected chi connectivity index (χ4v) is 2.71. The molecule has 8 heteroatoms. The lowest BCUT2D eigenvalue weighted by Crippen LogP contribution is -2.12. The van der Waals surface area contributed by atoms with Crippen molar-refractivity contribution in [1.29, 1.82) is 0 Å². The molecule has 0 aliphatic rings.